The molecule has 2 aromatic carbocycles. The van der Waals surface area contributed by atoms with Gasteiger partial charge in [0.25, 0.3) is 0 Å². The van der Waals surface area contributed by atoms with E-state index in [-0.39, 0.29) is 21.4 Å². The zero-order chi connectivity index (χ0) is 15.2. The normalized spacial score (nSPS) is 12.0. The number of H-pyrrole nitrogens is 1. The van der Waals surface area contributed by atoms with E-state index in [1.165, 1.54) is 18.2 Å². The molecule has 0 aliphatic heterocycles. The maximum absolute atomic E-state index is 14.0. The summed E-state index contributed by atoms with van der Waals surface area (Å²) in [5, 5.41) is 0. The van der Waals surface area contributed by atoms with Gasteiger partial charge in [-0.3, -0.25) is 0 Å². The Morgan fingerprint density at radius 2 is 1.86 bits per heavy atom. The molecule has 7 heteroatoms. The van der Waals surface area contributed by atoms with Gasteiger partial charge >= 0.3 is 6.18 Å². The first-order valence-corrected chi connectivity index (χ1v) is 6.67. The second-order valence-corrected chi connectivity index (χ2v) is 5.27. The Morgan fingerprint density at radius 3 is 2.57 bits per heavy atom. The molecule has 3 aromatic rings. The van der Waals surface area contributed by atoms with Gasteiger partial charge in [-0.25, -0.2) is 9.37 Å². The van der Waals surface area contributed by atoms with E-state index in [2.05, 4.69) is 25.9 Å². The number of imidazole rings is 1. The third-order valence-electron chi connectivity index (χ3n) is 3.02. The van der Waals surface area contributed by atoms with Crippen LogP contribution in [0.1, 0.15) is 5.56 Å². The van der Waals surface area contributed by atoms with Crippen LogP contribution in [0.25, 0.3) is 22.4 Å². The van der Waals surface area contributed by atoms with Crippen molar-refractivity contribution in [3.63, 3.8) is 0 Å². The van der Waals surface area contributed by atoms with E-state index < -0.39 is 17.6 Å². The molecular weight excluding hydrogens is 352 g/mol. The zero-order valence-electron chi connectivity index (χ0n) is 10.3. The number of rotatable bonds is 1. The van der Waals surface area contributed by atoms with Gasteiger partial charge in [0.2, 0.25) is 0 Å². The Hall–Kier alpha value is -1.89. The lowest BCUT2D eigenvalue weighted by Crippen LogP contribution is -2.04. The molecule has 0 atom stereocenters. The smallest absolute Gasteiger partial charge is 0.338 e. The maximum atomic E-state index is 14.0. The van der Waals surface area contributed by atoms with Crippen LogP contribution >= 0.6 is 15.9 Å². The molecule has 0 spiro atoms. The van der Waals surface area contributed by atoms with Gasteiger partial charge in [-0.05, 0) is 46.3 Å². The SMILES string of the molecule is Fc1c(Br)cccc1-c1nc2ccc(C(F)(F)F)cc2[nH]1. The second-order valence-electron chi connectivity index (χ2n) is 4.42. The van der Waals surface area contributed by atoms with Crippen LogP contribution in [0.5, 0.6) is 0 Å². The number of hydrogen-bond acceptors (Lipinski definition) is 1. The minimum Gasteiger partial charge on any atom is -0.338 e. The predicted octanol–water partition coefficient (Wildman–Crippen LogP) is 5.15. The van der Waals surface area contributed by atoms with Crippen molar-refractivity contribution in [2.24, 2.45) is 0 Å². The lowest BCUT2D eigenvalue weighted by atomic mass is 10.2. The van der Waals surface area contributed by atoms with Crippen molar-refractivity contribution in [1.82, 2.24) is 9.97 Å². The minimum atomic E-state index is -4.43. The van der Waals surface area contributed by atoms with Gasteiger partial charge in [-0.1, -0.05) is 6.07 Å². The van der Waals surface area contributed by atoms with Crippen molar-refractivity contribution >= 4 is 27.0 Å². The number of nitrogens with zero attached hydrogens (tertiary/aromatic N) is 1. The van der Waals surface area contributed by atoms with Crippen LogP contribution < -0.4 is 0 Å². The highest BCUT2D eigenvalue weighted by atomic mass is 79.9. The highest BCUT2D eigenvalue weighted by Gasteiger charge is 2.30. The molecule has 0 radical (unpaired) electrons. The predicted molar refractivity (Wildman–Crippen MR) is 74.2 cm³/mol. The Balaban J connectivity index is 2.15. The highest BCUT2D eigenvalue weighted by molar-refractivity contribution is 9.10. The van der Waals surface area contributed by atoms with Crippen molar-refractivity contribution in [1.29, 1.82) is 0 Å². The summed E-state index contributed by atoms with van der Waals surface area (Å²) in [4.78, 5) is 6.84. The lowest BCUT2D eigenvalue weighted by Gasteiger charge is -2.05. The number of benzene rings is 2. The first-order valence-electron chi connectivity index (χ1n) is 5.87. The number of hydrogen-bond donors (Lipinski definition) is 1. The first-order chi connectivity index (χ1) is 9.86. The fraction of sp³-hybridized carbons (Fsp3) is 0.0714. The van der Waals surface area contributed by atoms with Crippen LogP contribution in [0.3, 0.4) is 0 Å². The van der Waals surface area contributed by atoms with E-state index in [1.807, 2.05) is 0 Å². The average molecular weight is 359 g/mol. The molecule has 108 valence electrons. The van der Waals surface area contributed by atoms with Crippen molar-refractivity contribution < 1.29 is 17.6 Å². The van der Waals surface area contributed by atoms with Gasteiger partial charge in [-0.2, -0.15) is 13.2 Å². The van der Waals surface area contributed by atoms with Gasteiger partial charge in [-0.15, -0.1) is 0 Å². The Bertz CT molecular complexity index is 823. The quantitative estimate of drug-likeness (QED) is 0.598. The molecule has 2 nitrogen and oxygen atoms in total. The molecule has 3 rings (SSSR count). The van der Waals surface area contributed by atoms with Crippen LogP contribution in [0.4, 0.5) is 17.6 Å². The Labute approximate surface area is 124 Å². The summed E-state index contributed by atoms with van der Waals surface area (Å²) < 4.78 is 52.2. The number of halogens is 5. The van der Waals surface area contributed by atoms with Crippen LogP contribution in [0.15, 0.2) is 40.9 Å². The van der Waals surface area contributed by atoms with Crippen LogP contribution in [-0.4, -0.2) is 9.97 Å². The molecule has 1 N–H and O–H groups in total. The molecule has 0 bridgehead atoms. The molecule has 0 aliphatic rings. The number of alkyl halides is 3. The van der Waals surface area contributed by atoms with Crippen molar-refractivity contribution in [3.05, 3.63) is 52.3 Å². The molecule has 0 fully saturated rings. The molecule has 0 aliphatic carbocycles. The van der Waals surface area contributed by atoms with Crippen LogP contribution in [0, 0.1) is 5.82 Å². The molecule has 0 saturated heterocycles. The van der Waals surface area contributed by atoms with E-state index in [1.54, 1.807) is 6.07 Å². The molecule has 21 heavy (non-hydrogen) atoms. The average Bonchev–Trinajstić information content (AvgIpc) is 2.83. The van der Waals surface area contributed by atoms with E-state index in [0.717, 1.165) is 12.1 Å². The van der Waals surface area contributed by atoms with Crippen molar-refractivity contribution in [3.8, 4) is 11.4 Å². The summed E-state index contributed by atoms with van der Waals surface area (Å²) in [5.74, 6) is -0.337. The summed E-state index contributed by atoms with van der Waals surface area (Å²) in [6.07, 6.45) is -4.43. The van der Waals surface area contributed by atoms with Crippen molar-refractivity contribution in [2.75, 3.05) is 0 Å². The summed E-state index contributed by atoms with van der Waals surface area (Å²) in [6.45, 7) is 0. The number of aromatic nitrogens is 2. The lowest BCUT2D eigenvalue weighted by molar-refractivity contribution is -0.137. The third kappa shape index (κ3) is 2.53. The number of fused-ring (bicyclic) bond motifs is 1. The molecule has 0 unspecified atom stereocenters. The molecular formula is C14H7BrF4N2. The van der Waals surface area contributed by atoms with Gasteiger partial charge in [0.05, 0.1) is 26.6 Å². The van der Waals surface area contributed by atoms with Gasteiger partial charge < -0.3 is 4.98 Å². The third-order valence-corrected chi connectivity index (χ3v) is 3.63. The van der Waals surface area contributed by atoms with Gasteiger partial charge in [0.15, 0.2) is 0 Å². The summed E-state index contributed by atoms with van der Waals surface area (Å²) in [5.41, 5.74) is -0.0365. The van der Waals surface area contributed by atoms with E-state index in [0.29, 0.717) is 5.52 Å². The zero-order valence-corrected chi connectivity index (χ0v) is 11.9. The Morgan fingerprint density at radius 1 is 1.10 bits per heavy atom. The molecule has 0 amide bonds. The van der Waals surface area contributed by atoms with Gasteiger partial charge in [0.1, 0.15) is 11.6 Å². The van der Waals surface area contributed by atoms with Crippen LogP contribution in [-0.2, 0) is 6.18 Å². The molecule has 0 saturated carbocycles. The fourth-order valence-corrected chi connectivity index (χ4v) is 2.37. The fourth-order valence-electron chi connectivity index (χ4n) is 2.00. The standard InChI is InChI=1S/C14H7BrF4N2/c15-9-3-1-2-8(12(9)16)13-20-10-5-4-7(14(17,18)19)6-11(10)21-13/h1-6H,(H,20,21). The number of nitrogens with one attached hydrogen (secondary N) is 1. The molecule has 1 aromatic heterocycles. The summed E-state index contributed by atoms with van der Waals surface area (Å²) >= 11 is 3.06. The summed E-state index contributed by atoms with van der Waals surface area (Å²) in [7, 11) is 0. The Kier molecular flexibility index (Phi) is 3.24. The monoisotopic (exact) mass is 358 g/mol. The van der Waals surface area contributed by atoms with E-state index >= 15 is 0 Å². The topological polar surface area (TPSA) is 28.7 Å². The van der Waals surface area contributed by atoms with E-state index in [9.17, 15) is 17.6 Å². The number of aromatic amines is 1. The second kappa shape index (κ2) is 4.84. The first kappa shape index (κ1) is 14.1. The van der Waals surface area contributed by atoms with Gasteiger partial charge in [0, 0.05) is 0 Å². The highest BCUT2D eigenvalue weighted by Crippen LogP contribution is 2.32. The molecule has 1 heterocycles. The van der Waals surface area contributed by atoms with E-state index in [4.69, 9.17) is 0 Å². The van der Waals surface area contributed by atoms with Crippen molar-refractivity contribution in [2.45, 2.75) is 6.18 Å². The summed E-state index contributed by atoms with van der Waals surface area (Å²) in [6, 6.07) is 7.82. The maximum Gasteiger partial charge on any atom is 0.416 e. The van der Waals surface area contributed by atoms with Crippen LogP contribution in [0.2, 0.25) is 0 Å². The largest absolute Gasteiger partial charge is 0.416 e. The minimum absolute atomic E-state index is 0.183.